The summed E-state index contributed by atoms with van der Waals surface area (Å²) in [7, 11) is 0. The zero-order valence-corrected chi connectivity index (χ0v) is 44.3. The Labute approximate surface area is 415 Å². The molecule has 0 fully saturated rings. The van der Waals surface area contributed by atoms with Crippen molar-refractivity contribution < 1.29 is 0 Å². The van der Waals surface area contributed by atoms with Gasteiger partial charge < -0.3 is 0 Å². The Morgan fingerprint density at radius 2 is 0.565 bits per heavy atom. The Hall–Kier alpha value is -6.24. The summed E-state index contributed by atoms with van der Waals surface area (Å²) in [5, 5.41) is 13.2. The van der Waals surface area contributed by atoms with Crippen LogP contribution in [0.25, 0.3) is 107 Å². The summed E-state index contributed by atoms with van der Waals surface area (Å²) in [5.74, 6) is 0. The molecule has 0 unspecified atom stereocenters. The van der Waals surface area contributed by atoms with Crippen LogP contribution in [0.5, 0.6) is 0 Å². The molecular weight excluding hydrogens is 896 g/mol. The first kappa shape index (κ1) is 45.2. The molecule has 0 saturated heterocycles. The van der Waals surface area contributed by atoms with E-state index in [0.717, 1.165) is 0 Å². The fourth-order valence-electron chi connectivity index (χ4n) is 11.0. The van der Waals surface area contributed by atoms with Crippen molar-refractivity contribution in [1.82, 2.24) is 0 Å². The van der Waals surface area contributed by atoms with Crippen molar-refractivity contribution in [2.45, 2.75) is 105 Å². The van der Waals surface area contributed by atoms with Crippen LogP contribution in [0, 0.1) is 0 Å². The third kappa shape index (κ3) is 7.65. The van der Waals surface area contributed by atoms with E-state index >= 15 is 0 Å². The van der Waals surface area contributed by atoms with Gasteiger partial charge in [0.2, 0.25) is 0 Å². The predicted octanol–water partition coefficient (Wildman–Crippen LogP) is 19.5. The minimum atomic E-state index is 0.00889. The predicted molar refractivity (Wildman–Crippen MR) is 305 cm³/mol. The SMILES string of the molecule is CC(C)(C)c1cc(-c2c3ccccc3c(-c3cccc4c3[se]c3cccc(-c5c6ccccc6c(-c6cc(C(C)(C)C)cc(C(C)(C)C)c6)c6ccccc56)c34)c3ccccc23)cc(C(C)(C)C)c1. The van der Waals surface area contributed by atoms with Gasteiger partial charge >= 0.3 is 418 Å². The van der Waals surface area contributed by atoms with Gasteiger partial charge in [0.1, 0.15) is 0 Å². The van der Waals surface area contributed by atoms with E-state index < -0.39 is 0 Å². The molecule has 0 atom stereocenters. The summed E-state index contributed by atoms with van der Waals surface area (Å²) in [4.78, 5) is 0. The van der Waals surface area contributed by atoms with Crippen LogP contribution >= 0.6 is 0 Å². The Morgan fingerprint density at radius 1 is 0.275 bits per heavy atom. The van der Waals surface area contributed by atoms with Gasteiger partial charge in [0.25, 0.3) is 0 Å². The van der Waals surface area contributed by atoms with Gasteiger partial charge in [-0.3, -0.25) is 0 Å². The van der Waals surface area contributed by atoms with Gasteiger partial charge in [0.05, 0.1) is 0 Å². The molecule has 10 aromatic carbocycles. The monoisotopic (exact) mass is 960 g/mol. The first-order chi connectivity index (χ1) is 32.8. The number of hydrogen-bond donors (Lipinski definition) is 0. The number of benzene rings is 10. The third-order valence-electron chi connectivity index (χ3n) is 14.8. The zero-order valence-electron chi connectivity index (χ0n) is 42.6. The fourth-order valence-corrected chi connectivity index (χ4v) is 13.6. The topological polar surface area (TPSA) is 0 Å². The third-order valence-corrected chi connectivity index (χ3v) is 17.4. The molecule has 0 aliphatic rings. The Balaban J connectivity index is 1.19. The van der Waals surface area contributed by atoms with Crippen LogP contribution in [0.3, 0.4) is 0 Å². The quantitative estimate of drug-likeness (QED) is 0.122. The van der Waals surface area contributed by atoms with Gasteiger partial charge in [0, 0.05) is 0 Å². The van der Waals surface area contributed by atoms with Crippen LogP contribution in [0.4, 0.5) is 0 Å². The fraction of sp³-hybridized carbons (Fsp3) is 0.235. The summed E-state index contributed by atoms with van der Waals surface area (Å²) >= 11 is 0.0864. The summed E-state index contributed by atoms with van der Waals surface area (Å²) in [6, 6.07) is 65.8. The summed E-state index contributed by atoms with van der Waals surface area (Å²) in [5.41, 5.74) is 16.1. The van der Waals surface area contributed by atoms with E-state index in [0.29, 0.717) is 0 Å². The molecule has 11 aromatic rings. The average Bonchev–Trinajstić information content (AvgIpc) is 3.71. The van der Waals surface area contributed by atoms with E-state index in [1.54, 1.807) is 0 Å². The van der Waals surface area contributed by atoms with Crippen molar-refractivity contribution in [2.75, 3.05) is 0 Å². The molecule has 0 bridgehead atoms. The molecule has 0 spiro atoms. The van der Waals surface area contributed by atoms with Crippen molar-refractivity contribution in [3.63, 3.8) is 0 Å². The molecule has 0 nitrogen and oxygen atoms in total. The summed E-state index contributed by atoms with van der Waals surface area (Å²) in [6.07, 6.45) is 0. The second kappa shape index (κ2) is 16.2. The van der Waals surface area contributed by atoms with Crippen molar-refractivity contribution in [1.29, 1.82) is 0 Å². The van der Waals surface area contributed by atoms with E-state index in [1.165, 1.54) is 129 Å². The van der Waals surface area contributed by atoms with Crippen LogP contribution in [0.1, 0.15) is 105 Å². The Kier molecular flexibility index (Phi) is 10.6. The van der Waals surface area contributed by atoms with Crippen LogP contribution in [0.15, 0.2) is 170 Å². The first-order valence-corrected chi connectivity index (χ1v) is 26.6. The molecule has 342 valence electrons. The van der Waals surface area contributed by atoms with Crippen molar-refractivity contribution in [3.8, 4) is 44.5 Å². The van der Waals surface area contributed by atoms with E-state index in [9.17, 15) is 0 Å². The van der Waals surface area contributed by atoms with Crippen LogP contribution in [-0.4, -0.2) is 14.5 Å². The normalized spacial score (nSPS) is 12.9. The molecule has 0 radical (unpaired) electrons. The van der Waals surface area contributed by atoms with Crippen LogP contribution < -0.4 is 0 Å². The van der Waals surface area contributed by atoms with Gasteiger partial charge in [-0.05, 0) is 0 Å². The molecule has 69 heavy (non-hydrogen) atoms. The average molecular weight is 960 g/mol. The van der Waals surface area contributed by atoms with Gasteiger partial charge in [-0.2, -0.15) is 0 Å². The second-order valence-corrected chi connectivity index (χ2v) is 26.0. The van der Waals surface area contributed by atoms with Gasteiger partial charge in [-0.1, -0.05) is 0 Å². The maximum atomic E-state index is 2.47. The van der Waals surface area contributed by atoms with Gasteiger partial charge in [-0.15, -0.1) is 0 Å². The number of fused-ring (bicyclic) bond motifs is 7. The molecule has 11 rings (SSSR count). The molecule has 0 aliphatic carbocycles. The molecule has 0 saturated carbocycles. The molecular formula is C68H64Se. The zero-order chi connectivity index (χ0) is 48.4. The van der Waals surface area contributed by atoms with E-state index in [2.05, 4.69) is 253 Å². The van der Waals surface area contributed by atoms with Crippen molar-refractivity contribution in [2.24, 2.45) is 0 Å². The molecule has 1 heterocycles. The Bertz CT molecular complexity index is 3680. The van der Waals surface area contributed by atoms with E-state index in [4.69, 9.17) is 0 Å². The molecule has 1 aromatic heterocycles. The molecule has 0 N–H and O–H groups in total. The van der Waals surface area contributed by atoms with Crippen molar-refractivity contribution >= 4 is 76.9 Å². The number of hydrogen-bond acceptors (Lipinski definition) is 0. The standard InChI is InChI=1S/C68H64Se/c1-65(2,3)43-35-41(36-44(39-43)66(4,5)6)59-47-23-13-17-27-51(47)61(52-28-18-14-24-48(52)59)55-31-22-34-58-63(55)57-33-21-32-56(64(57)69-58)62-53-29-19-15-25-49(53)60(50-26-16-20-30-54(50)62)42-37-45(67(7,8)9)40-46(38-42)68(10,11)12/h13-40H,1-12H3. The molecule has 0 amide bonds. The first-order valence-electron chi connectivity index (χ1n) is 24.9. The maximum absolute atomic E-state index is 2.47. The molecule has 0 aliphatic heterocycles. The van der Waals surface area contributed by atoms with E-state index in [1.807, 2.05) is 0 Å². The Morgan fingerprint density at radius 3 is 0.913 bits per heavy atom. The van der Waals surface area contributed by atoms with Crippen LogP contribution in [0.2, 0.25) is 0 Å². The summed E-state index contributed by atoms with van der Waals surface area (Å²) < 4.78 is 2.92. The molecule has 1 heteroatoms. The van der Waals surface area contributed by atoms with Gasteiger partial charge in [0.15, 0.2) is 0 Å². The van der Waals surface area contributed by atoms with E-state index in [-0.39, 0.29) is 36.2 Å². The number of rotatable bonds is 4. The van der Waals surface area contributed by atoms with Gasteiger partial charge in [-0.25, -0.2) is 0 Å². The second-order valence-electron chi connectivity index (χ2n) is 23.7. The van der Waals surface area contributed by atoms with Crippen molar-refractivity contribution in [3.05, 3.63) is 192 Å². The summed E-state index contributed by atoms with van der Waals surface area (Å²) in [6.45, 7) is 28.1. The van der Waals surface area contributed by atoms with Crippen LogP contribution in [-0.2, 0) is 21.7 Å². The minimum absolute atomic E-state index is 0.00889.